The number of nitrogens with zero attached hydrogens (tertiary/aromatic N) is 4. The molecule has 8 heteroatoms. The van der Waals surface area contributed by atoms with E-state index < -0.39 is 24.5 Å². The van der Waals surface area contributed by atoms with Crippen LogP contribution in [-0.2, 0) is 17.8 Å². The van der Waals surface area contributed by atoms with E-state index >= 15 is 0 Å². The zero-order valence-electron chi connectivity index (χ0n) is 17.2. The second-order valence-electron chi connectivity index (χ2n) is 7.90. The number of nitrogens with one attached hydrogen (secondary N) is 1. The van der Waals surface area contributed by atoms with Gasteiger partial charge in [0.05, 0.1) is 12.6 Å². The maximum absolute atomic E-state index is 10.5. The highest BCUT2D eigenvalue weighted by Crippen LogP contribution is 2.41. The highest BCUT2D eigenvalue weighted by molar-refractivity contribution is 5.77. The third-order valence-corrected chi connectivity index (χ3v) is 5.80. The monoisotopic (exact) mass is 419 g/mol. The highest BCUT2D eigenvalue weighted by atomic mass is 16.6. The molecule has 4 heterocycles. The van der Waals surface area contributed by atoms with E-state index in [9.17, 15) is 10.2 Å². The number of hydrogen-bond donors (Lipinski definition) is 3. The van der Waals surface area contributed by atoms with Crippen LogP contribution in [0, 0.1) is 0 Å². The van der Waals surface area contributed by atoms with Gasteiger partial charge in [0.1, 0.15) is 24.4 Å². The Morgan fingerprint density at radius 1 is 1.13 bits per heavy atom. The predicted molar refractivity (Wildman–Crippen MR) is 116 cm³/mol. The molecule has 0 unspecified atom stereocenters. The van der Waals surface area contributed by atoms with Crippen molar-refractivity contribution in [3.63, 3.8) is 0 Å². The highest BCUT2D eigenvalue weighted by Gasteiger charge is 2.42. The summed E-state index contributed by atoms with van der Waals surface area (Å²) < 4.78 is 7.71. The molecule has 0 bridgehead atoms. The third-order valence-electron chi connectivity index (χ3n) is 5.80. The van der Waals surface area contributed by atoms with Crippen molar-refractivity contribution < 1.29 is 14.9 Å². The molecule has 0 amide bonds. The summed E-state index contributed by atoms with van der Waals surface area (Å²) in [5, 5.41) is 22.7. The van der Waals surface area contributed by atoms with Gasteiger partial charge < -0.3 is 19.5 Å². The number of aliphatic hydroxyl groups excluding tert-OH is 2. The molecule has 2 aliphatic heterocycles. The zero-order chi connectivity index (χ0) is 21.4. The minimum absolute atomic E-state index is 0.455. The van der Waals surface area contributed by atoms with Gasteiger partial charge in [-0.3, -0.25) is 9.99 Å². The second-order valence-corrected chi connectivity index (χ2v) is 7.90. The molecule has 5 rings (SSSR count). The Bertz CT molecular complexity index is 1070. The van der Waals surface area contributed by atoms with Gasteiger partial charge in [0, 0.05) is 36.3 Å². The van der Waals surface area contributed by atoms with Gasteiger partial charge in [0.25, 0.3) is 0 Å². The fraction of sp³-hybridized carbons (Fsp3) is 0.304. The first-order valence-corrected chi connectivity index (χ1v) is 10.4. The SMILES string of the molecule is C[C@H]1O[C@@H](n2cc(-c3ccccc3)c3c2N=CN(NCc2cccnc2)C3)[C@H](O)[C@@H]1O. The number of rotatable bonds is 5. The Morgan fingerprint density at radius 3 is 2.68 bits per heavy atom. The standard InChI is InChI=1S/C23H25N5O3/c1-15-20(29)21(30)23(31-15)28-13-18(17-7-3-2-4-8-17)19-12-27(14-25-22(19)28)26-11-16-6-5-9-24-10-16/h2-10,13-15,20-21,23,26,29-30H,11-12H2,1H3/t15-,20-,21-,23-/m1/s1. The van der Waals surface area contributed by atoms with Crippen molar-refractivity contribution in [3.8, 4) is 11.1 Å². The fourth-order valence-corrected chi connectivity index (χ4v) is 4.10. The molecule has 0 radical (unpaired) electrons. The van der Waals surface area contributed by atoms with Crippen LogP contribution in [0.4, 0.5) is 5.82 Å². The average Bonchev–Trinajstić information content (AvgIpc) is 3.31. The van der Waals surface area contributed by atoms with Crippen molar-refractivity contribution in [2.75, 3.05) is 0 Å². The number of ether oxygens (including phenoxy) is 1. The van der Waals surface area contributed by atoms with E-state index in [4.69, 9.17) is 4.74 Å². The second kappa shape index (κ2) is 8.24. The molecule has 0 aliphatic carbocycles. The topological polar surface area (TPSA) is 95.1 Å². The summed E-state index contributed by atoms with van der Waals surface area (Å²) in [5.41, 5.74) is 7.55. The first kappa shape index (κ1) is 19.9. The van der Waals surface area contributed by atoms with Crippen molar-refractivity contribution in [3.05, 3.63) is 72.2 Å². The summed E-state index contributed by atoms with van der Waals surface area (Å²) in [6.45, 7) is 2.98. The lowest BCUT2D eigenvalue weighted by Crippen LogP contribution is -2.37. The lowest BCUT2D eigenvalue weighted by molar-refractivity contribution is -0.0309. The Morgan fingerprint density at radius 2 is 1.97 bits per heavy atom. The number of aliphatic hydroxyl groups is 2. The maximum atomic E-state index is 10.5. The molecule has 1 saturated heterocycles. The third kappa shape index (κ3) is 3.75. The van der Waals surface area contributed by atoms with Gasteiger partial charge in [-0.25, -0.2) is 10.4 Å². The van der Waals surface area contributed by atoms with Gasteiger partial charge in [-0.15, -0.1) is 0 Å². The number of hydrogen-bond acceptors (Lipinski definition) is 7. The lowest BCUT2D eigenvalue weighted by atomic mass is 10.0. The minimum Gasteiger partial charge on any atom is -0.388 e. The van der Waals surface area contributed by atoms with Gasteiger partial charge >= 0.3 is 0 Å². The van der Waals surface area contributed by atoms with Gasteiger partial charge in [-0.2, -0.15) is 0 Å². The quantitative estimate of drug-likeness (QED) is 0.588. The Hall–Kier alpha value is -3.04. The van der Waals surface area contributed by atoms with E-state index in [-0.39, 0.29) is 0 Å². The summed E-state index contributed by atoms with van der Waals surface area (Å²) in [4.78, 5) is 8.83. The van der Waals surface area contributed by atoms with Gasteiger partial charge in [0.15, 0.2) is 6.23 Å². The molecule has 8 nitrogen and oxygen atoms in total. The Kier molecular flexibility index (Phi) is 5.29. The summed E-state index contributed by atoms with van der Waals surface area (Å²) in [7, 11) is 0. The Balaban J connectivity index is 1.47. The maximum Gasteiger partial charge on any atom is 0.164 e. The van der Waals surface area contributed by atoms with Crippen LogP contribution in [0.25, 0.3) is 11.1 Å². The molecule has 3 aromatic rings. The van der Waals surface area contributed by atoms with Crippen molar-refractivity contribution in [1.29, 1.82) is 0 Å². The van der Waals surface area contributed by atoms with Crippen molar-refractivity contribution in [1.82, 2.24) is 20.0 Å². The van der Waals surface area contributed by atoms with Crippen molar-refractivity contribution in [2.24, 2.45) is 4.99 Å². The van der Waals surface area contributed by atoms with Crippen LogP contribution < -0.4 is 5.43 Å². The normalized spacial score (nSPS) is 25.1. The number of aliphatic imine (C=N–C) groups is 1. The minimum atomic E-state index is -1.02. The molecule has 0 spiro atoms. The van der Waals surface area contributed by atoms with E-state index in [0.717, 1.165) is 28.1 Å². The van der Waals surface area contributed by atoms with Crippen LogP contribution in [0.15, 0.2) is 66.0 Å². The van der Waals surface area contributed by atoms with Crippen molar-refractivity contribution in [2.45, 2.75) is 44.6 Å². The molecule has 2 aliphatic rings. The number of fused-ring (bicyclic) bond motifs is 1. The van der Waals surface area contributed by atoms with Crippen LogP contribution in [0.3, 0.4) is 0 Å². The number of hydrazine groups is 1. The zero-order valence-corrected chi connectivity index (χ0v) is 17.2. The van der Waals surface area contributed by atoms with Crippen LogP contribution in [0.2, 0.25) is 0 Å². The van der Waals surface area contributed by atoms with E-state index in [1.807, 2.05) is 52.3 Å². The first-order valence-electron chi connectivity index (χ1n) is 10.4. The van der Waals surface area contributed by atoms with E-state index in [1.165, 1.54) is 0 Å². The number of aromatic nitrogens is 2. The van der Waals surface area contributed by atoms with Crippen LogP contribution in [0.1, 0.15) is 24.3 Å². The smallest absolute Gasteiger partial charge is 0.164 e. The largest absolute Gasteiger partial charge is 0.388 e. The molecule has 160 valence electrons. The average molecular weight is 419 g/mol. The van der Waals surface area contributed by atoms with Crippen LogP contribution >= 0.6 is 0 Å². The van der Waals surface area contributed by atoms with Crippen LogP contribution in [0.5, 0.6) is 0 Å². The summed E-state index contributed by atoms with van der Waals surface area (Å²) in [6, 6.07) is 14.0. The predicted octanol–water partition coefficient (Wildman–Crippen LogP) is 2.37. The molecule has 1 aromatic carbocycles. The molecule has 2 aromatic heterocycles. The Labute approximate surface area is 180 Å². The first-order chi connectivity index (χ1) is 15.1. The molecule has 0 saturated carbocycles. The summed E-state index contributed by atoms with van der Waals surface area (Å²) in [6.07, 6.45) is 4.18. The molecular weight excluding hydrogens is 394 g/mol. The summed E-state index contributed by atoms with van der Waals surface area (Å²) in [5.74, 6) is 0.726. The van der Waals surface area contributed by atoms with Crippen molar-refractivity contribution >= 4 is 12.2 Å². The number of pyridine rings is 1. The molecular formula is C23H25N5O3. The van der Waals surface area contributed by atoms with E-state index in [0.29, 0.717) is 13.1 Å². The number of benzene rings is 1. The molecule has 4 atom stereocenters. The van der Waals surface area contributed by atoms with Crippen LogP contribution in [-0.4, -0.2) is 49.4 Å². The van der Waals surface area contributed by atoms with Gasteiger partial charge in [-0.1, -0.05) is 36.4 Å². The molecule has 1 fully saturated rings. The fourth-order valence-electron chi connectivity index (χ4n) is 4.10. The lowest BCUT2D eigenvalue weighted by Gasteiger charge is -2.26. The van der Waals surface area contributed by atoms with E-state index in [2.05, 4.69) is 27.5 Å². The van der Waals surface area contributed by atoms with Gasteiger partial charge in [0.2, 0.25) is 0 Å². The molecule has 3 N–H and O–H groups in total. The van der Waals surface area contributed by atoms with E-state index in [1.54, 1.807) is 19.5 Å². The van der Waals surface area contributed by atoms with Gasteiger partial charge in [-0.05, 0) is 24.1 Å². The molecule has 31 heavy (non-hydrogen) atoms. The summed E-state index contributed by atoms with van der Waals surface area (Å²) >= 11 is 0.